The van der Waals surface area contributed by atoms with E-state index < -0.39 is 10.0 Å². The van der Waals surface area contributed by atoms with Crippen LogP contribution in [-0.2, 0) is 21.2 Å². The van der Waals surface area contributed by atoms with Crippen LogP contribution >= 0.6 is 11.3 Å². The molecule has 0 aliphatic heterocycles. The van der Waals surface area contributed by atoms with Crippen LogP contribution < -0.4 is 9.62 Å². The average molecular weight is 519 g/mol. The monoisotopic (exact) mass is 518 g/mol. The molecular weight excluding hydrogens is 492 g/mol. The summed E-state index contributed by atoms with van der Waals surface area (Å²) < 4.78 is 29.1. The quantitative estimate of drug-likeness (QED) is 0.369. The van der Waals surface area contributed by atoms with E-state index in [4.69, 9.17) is 0 Å². The number of carbonyl (C=O) groups is 1. The Balaban J connectivity index is 1.24. The van der Waals surface area contributed by atoms with Gasteiger partial charge in [0.05, 0.1) is 17.8 Å². The van der Waals surface area contributed by atoms with Crippen LogP contribution in [0.25, 0.3) is 11.3 Å². The number of carbonyl (C=O) groups excluding carboxylic acids is 1. The lowest BCUT2D eigenvalue weighted by atomic mass is 10.1. The lowest BCUT2D eigenvalue weighted by Gasteiger charge is -2.14. The van der Waals surface area contributed by atoms with Gasteiger partial charge in [-0.2, -0.15) is 0 Å². The molecule has 4 aromatic rings. The van der Waals surface area contributed by atoms with Gasteiger partial charge >= 0.3 is 0 Å². The Morgan fingerprint density at radius 3 is 2.47 bits per heavy atom. The van der Waals surface area contributed by atoms with Gasteiger partial charge in [0, 0.05) is 30.8 Å². The molecular formula is C27H26N4O3S2. The summed E-state index contributed by atoms with van der Waals surface area (Å²) in [6.45, 7) is 1.66. The minimum atomic E-state index is -3.73. The van der Waals surface area contributed by atoms with E-state index in [0.29, 0.717) is 10.8 Å². The van der Waals surface area contributed by atoms with Crippen molar-refractivity contribution >= 4 is 32.4 Å². The lowest BCUT2D eigenvalue weighted by Crippen LogP contribution is -2.27. The summed E-state index contributed by atoms with van der Waals surface area (Å²) in [5.41, 5.74) is 4.22. The Hall–Kier alpha value is -3.40. The number of likely N-dealkylation sites (N-methyl/N-ethyl adjacent to an activating group) is 1. The Morgan fingerprint density at radius 2 is 1.78 bits per heavy atom. The summed E-state index contributed by atoms with van der Waals surface area (Å²) in [5.74, 6) is 0.0135. The minimum absolute atomic E-state index is 0.129. The van der Waals surface area contributed by atoms with Gasteiger partial charge in [-0.3, -0.25) is 14.7 Å². The molecule has 0 spiro atoms. The minimum Gasteiger partial charge on any atom is -0.291 e. The van der Waals surface area contributed by atoms with Gasteiger partial charge in [-0.25, -0.2) is 18.1 Å². The second-order valence-electron chi connectivity index (χ2n) is 8.89. The van der Waals surface area contributed by atoms with E-state index in [1.165, 1.54) is 4.90 Å². The summed E-state index contributed by atoms with van der Waals surface area (Å²) in [6.07, 6.45) is 2.69. The Kier molecular flexibility index (Phi) is 6.70. The van der Waals surface area contributed by atoms with Crippen LogP contribution in [0, 0.1) is 6.92 Å². The zero-order valence-electron chi connectivity index (χ0n) is 20.0. The normalized spacial score (nSPS) is 17.1. The molecule has 2 heterocycles. The second-order valence-corrected chi connectivity index (χ2v) is 11.8. The third-order valence-corrected chi connectivity index (χ3v) is 9.58. The van der Waals surface area contributed by atoms with Crippen molar-refractivity contribution in [1.29, 1.82) is 0 Å². The topological polar surface area (TPSA) is 92.3 Å². The molecule has 2 aromatic heterocycles. The molecule has 1 aliphatic carbocycles. The Labute approximate surface area is 214 Å². The third-order valence-electron chi connectivity index (χ3n) is 6.24. The highest BCUT2D eigenvalue weighted by atomic mass is 32.2. The Bertz CT molecular complexity index is 1470. The van der Waals surface area contributed by atoms with Crippen LogP contribution in [0.1, 0.15) is 29.2 Å². The second kappa shape index (κ2) is 9.93. The number of rotatable bonds is 8. The molecule has 5 rings (SSSR count). The largest absolute Gasteiger partial charge is 0.291 e. The molecule has 1 saturated carbocycles. The molecule has 0 saturated heterocycles. The van der Waals surface area contributed by atoms with Crippen LogP contribution in [0.5, 0.6) is 0 Å². The van der Waals surface area contributed by atoms with Crippen LogP contribution in [0.15, 0.2) is 83.2 Å². The van der Waals surface area contributed by atoms with E-state index >= 15 is 0 Å². The number of aromatic nitrogens is 2. The molecule has 7 nitrogen and oxygen atoms in total. The maximum atomic E-state index is 13.1. The van der Waals surface area contributed by atoms with Gasteiger partial charge in [0.25, 0.3) is 10.0 Å². The van der Waals surface area contributed by atoms with Gasteiger partial charge < -0.3 is 0 Å². The lowest BCUT2D eigenvalue weighted by molar-refractivity contribution is -0.117. The number of amides is 1. The number of sulfonamides is 1. The zero-order chi connectivity index (χ0) is 25.3. The number of nitrogens with one attached hydrogen (secondary N) is 1. The van der Waals surface area contributed by atoms with Crippen LogP contribution in [0.4, 0.5) is 5.13 Å². The predicted octanol–water partition coefficient (Wildman–Crippen LogP) is 4.55. The molecule has 0 radical (unpaired) electrons. The van der Waals surface area contributed by atoms with Crippen molar-refractivity contribution in [3.63, 3.8) is 0 Å². The van der Waals surface area contributed by atoms with Crippen LogP contribution in [-0.4, -0.2) is 37.4 Å². The summed E-state index contributed by atoms with van der Waals surface area (Å²) in [4.78, 5) is 23.1. The molecule has 2 aromatic carbocycles. The number of benzene rings is 2. The Morgan fingerprint density at radius 1 is 1.06 bits per heavy atom. The van der Waals surface area contributed by atoms with E-state index in [0.717, 1.165) is 40.1 Å². The number of aryl methyl sites for hydroxylation is 1. The van der Waals surface area contributed by atoms with Crippen molar-refractivity contribution in [1.82, 2.24) is 14.7 Å². The van der Waals surface area contributed by atoms with Crippen molar-refractivity contribution in [2.24, 2.45) is 0 Å². The average Bonchev–Trinajstić information content (AvgIpc) is 3.53. The van der Waals surface area contributed by atoms with E-state index in [9.17, 15) is 13.2 Å². The van der Waals surface area contributed by atoms with Gasteiger partial charge in [0.1, 0.15) is 0 Å². The predicted molar refractivity (Wildman–Crippen MR) is 142 cm³/mol. The smallest absolute Gasteiger partial charge is 0.252 e. The zero-order valence-corrected chi connectivity index (χ0v) is 21.6. The third kappa shape index (κ3) is 5.23. The van der Waals surface area contributed by atoms with Gasteiger partial charge in [0.2, 0.25) is 5.91 Å². The fraction of sp³-hybridized carbons (Fsp3) is 0.222. The highest BCUT2D eigenvalue weighted by Gasteiger charge is 2.42. The summed E-state index contributed by atoms with van der Waals surface area (Å²) in [7, 11) is -2.11. The number of anilines is 1. The first-order valence-electron chi connectivity index (χ1n) is 11.6. The van der Waals surface area contributed by atoms with E-state index in [-0.39, 0.29) is 28.5 Å². The fourth-order valence-electron chi connectivity index (χ4n) is 4.13. The standard InChI is InChI=1S/C27H26N4O3S2/c1-18-26(36(33,34)30-24-17-22(24)20-8-4-3-5-9-20)35-27(29-18)31(2)25(32)16-19-11-13-21(14-12-19)23-10-6-7-15-28-23/h3-15,22,24,30H,16-17H2,1-2H3/t22-,24+/m0/s1. The molecule has 1 fully saturated rings. The molecule has 1 aliphatic rings. The summed E-state index contributed by atoms with van der Waals surface area (Å²) in [5, 5.41) is 0.360. The molecule has 0 bridgehead atoms. The first-order valence-corrected chi connectivity index (χ1v) is 13.9. The first-order chi connectivity index (χ1) is 17.3. The van der Waals surface area contributed by atoms with Crippen molar-refractivity contribution in [3.8, 4) is 11.3 Å². The number of pyridine rings is 1. The summed E-state index contributed by atoms with van der Waals surface area (Å²) in [6, 6.07) is 23.2. The van der Waals surface area contributed by atoms with Crippen molar-refractivity contribution in [2.45, 2.75) is 35.9 Å². The SMILES string of the molecule is Cc1nc(N(C)C(=O)Cc2ccc(-c3ccccn3)cc2)sc1S(=O)(=O)N[C@@H]1C[C@H]1c1ccccc1. The van der Waals surface area contributed by atoms with Crippen molar-refractivity contribution in [3.05, 3.63) is 95.8 Å². The molecule has 2 atom stereocenters. The molecule has 0 unspecified atom stereocenters. The maximum absolute atomic E-state index is 13.1. The highest BCUT2D eigenvalue weighted by molar-refractivity contribution is 7.91. The number of nitrogens with zero attached hydrogens (tertiary/aromatic N) is 3. The molecule has 36 heavy (non-hydrogen) atoms. The maximum Gasteiger partial charge on any atom is 0.252 e. The first kappa shape index (κ1) is 24.3. The van der Waals surface area contributed by atoms with E-state index in [2.05, 4.69) is 14.7 Å². The van der Waals surface area contributed by atoms with Gasteiger partial charge in [-0.05, 0) is 36.6 Å². The number of hydrogen-bond acceptors (Lipinski definition) is 6. The molecule has 184 valence electrons. The van der Waals surface area contributed by atoms with E-state index in [1.54, 1.807) is 20.2 Å². The van der Waals surface area contributed by atoms with Crippen LogP contribution in [0.3, 0.4) is 0 Å². The summed E-state index contributed by atoms with van der Waals surface area (Å²) >= 11 is 1.02. The number of hydrogen-bond donors (Lipinski definition) is 1. The van der Waals surface area contributed by atoms with Gasteiger partial charge in [0.15, 0.2) is 9.34 Å². The van der Waals surface area contributed by atoms with Crippen molar-refractivity contribution < 1.29 is 13.2 Å². The van der Waals surface area contributed by atoms with Crippen molar-refractivity contribution in [2.75, 3.05) is 11.9 Å². The van der Waals surface area contributed by atoms with Crippen LogP contribution in [0.2, 0.25) is 0 Å². The molecule has 1 amide bonds. The molecule has 1 N–H and O–H groups in total. The number of thiazole rings is 1. The van der Waals surface area contributed by atoms with Gasteiger partial charge in [-0.15, -0.1) is 0 Å². The highest BCUT2D eigenvalue weighted by Crippen LogP contribution is 2.42. The van der Waals surface area contributed by atoms with Gasteiger partial charge in [-0.1, -0.05) is 72.0 Å². The fourth-order valence-corrected chi connectivity index (χ4v) is 6.92. The van der Waals surface area contributed by atoms with E-state index in [1.807, 2.05) is 72.8 Å². The molecule has 9 heteroatoms.